The smallest absolute Gasteiger partial charge is 0.145 e. The summed E-state index contributed by atoms with van der Waals surface area (Å²) in [6.07, 6.45) is 9.69. The summed E-state index contributed by atoms with van der Waals surface area (Å²) >= 11 is 0. The van der Waals surface area contributed by atoms with E-state index in [2.05, 4.69) is 133 Å². The molecule has 0 amide bonds. The Kier molecular flexibility index (Phi) is 6.45. The van der Waals surface area contributed by atoms with Gasteiger partial charge in [-0.2, -0.15) is 0 Å². The molecule has 2 aromatic heterocycles. The molecule has 0 atom stereocenters. The van der Waals surface area contributed by atoms with E-state index in [0.29, 0.717) is 33.5 Å². The predicted octanol–water partition coefficient (Wildman–Crippen LogP) is 11.9. The summed E-state index contributed by atoms with van der Waals surface area (Å²) in [6.45, 7) is 19.9. The number of hydrogen-bond acceptors (Lipinski definition) is 1. The average molecular weight is 571 g/mol. The van der Waals surface area contributed by atoms with Crippen molar-refractivity contribution in [1.29, 1.82) is 0 Å². The molecule has 2 heterocycles. The van der Waals surface area contributed by atoms with Gasteiger partial charge in [0.15, 0.2) is 0 Å². The standard InChI is InChI=1S/C41H50N2/c1-38(2)20-27(21-39(3,4)25-38)29-17-13-18-30(28-22-40(5,6)26-41(7,8)23-28)36(29)35-24-42-37-33-16-10-9-14-31(33)32-15-11-12-19-34(32)43(35)37/h9-19,24,27-28H,20-23,25-26H2,1-8H3. The van der Waals surface area contributed by atoms with Gasteiger partial charge in [-0.05, 0) is 94.6 Å². The zero-order valence-electron chi connectivity index (χ0n) is 27.7. The second kappa shape index (κ2) is 9.68. The summed E-state index contributed by atoms with van der Waals surface area (Å²) < 4.78 is 2.50. The molecule has 2 heteroatoms. The van der Waals surface area contributed by atoms with E-state index < -0.39 is 0 Å². The van der Waals surface area contributed by atoms with Gasteiger partial charge in [-0.1, -0.05) is 116 Å². The third-order valence-corrected chi connectivity index (χ3v) is 10.7. The van der Waals surface area contributed by atoms with Crippen molar-refractivity contribution >= 4 is 27.3 Å². The van der Waals surface area contributed by atoms with Crippen LogP contribution in [0.15, 0.2) is 72.9 Å². The second-order valence-electron chi connectivity index (χ2n) is 17.4. The fourth-order valence-electron chi connectivity index (χ4n) is 10.5. The Balaban J connectivity index is 1.55. The van der Waals surface area contributed by atoms with E-state index in [1.54, 1.807) is 11.1 Å². The predicted molar refractivity (Wildman–Crippen MR) is 184 cm³/mol. The quantitative estimate of drug-likeness (QED) is 0.197. The van der Waals surface area contributed by atoms with Gasteiger partial charge in [0.05, 0.1) is 17.4 Å². The highest BCUT2D eigenvalue weighted by Crippen LogP contribution is 2.57. The summed E-state index contributed by atoms with van der Waals surface area (Å²) in [4.78, 5) is 5.22. The molecular formula is C41H50N2. The van der Waals surface area contributed by atoms with Crippen molar-refractivity contribution in [2.24, 2.45) is 21.7 Å². The van der Waals surface area contributed by atoms with Crippen LogP contribution in [-0.4, -0.2) is 9.38 Å². The lowest BCUT2D eigenvalue weighted by Crippen LogP contribution is -2.34. The molecule has 2 aliphatic rings. The van der Waals surface area contributed by atoms with E-state index in [1.165, 1.54) is 71.5 Å². The van der Waals surface area contributed by atoms with Crippen molar-refractivity contribution in [3.05, 3.63) is 84.1 Å². The molecule has 0 spiro atoms. The van der Waals surface area contributed by atoms with Gasteiger partial charge in [0, 0.05) is 16.3 Å². The molecule has 3 aromatic carbocycles. The van der Waals surface area contributed by atoms with E-state index in [9.17, 15) is 0 Å². The maximum atomic E-state index is 5.22. The topological polar surface area (TPSA) is 17.3 Å². The van der Waals surface area contributed by atoms with Crippen LogP contribution >= 0.6 is 0 Å². The average Bonchev–Trinajstić information content (AvgIpc) is 3.35. The summed E-state index contributed by atoms with van der Waals surface area (Å²) in [7, 11) is 0. The molecule has 0 saturated heterocycles. The zero-order valence-corrected chi connectivity index (χ0v) is 27.7. The number of benzene rings is 3. The monoisotopic (exact) mass is 570 g/mol. The molecule has 2 fully saturated rings. The fraction of sp³-hybridized carbons (Fsp3) is 0.488. The molecule has 0 aliphatic heterocycles. The number of rotatable bonds is 3. The Morgan fingerprint density at radius 3 is 1.56 bits per heavy atom. The van der Waals surface area contributed by atoms with E-state index in [4.69, 9.17) is 4.98 Å². The van der Waals surface area contributed by atoms with Gasteiger partial charge in [0.1, 0.15) is 5.65 Å². The molecule has 0 bridgehead atoms. The lowest BCUT2D eigenvalue weighted by atomic mass is 9.58. The Labute approximate surface area is 258 Å². The third kappa shape index (κ3) is 5.09. The van der Waals surface area contributed by atoms with Crippen molar-refractivity contribution in [3.8, 4) is 11.3 Å². The number of hydrogen-bond donors (Lipinski definition) is 0. The second-order valence-corrected chi connectivity index (χ2v) is 17.4. The Morgan fingerprint density at radius 2 is 1.02 bits per heavy atom. The van der Waals surface area contributed by atoms with Gasteiger partial charge in [0.25, 0.3) is 0 Å². The Bertz CT molecular complexity index is 1760. The minimum Gasteiger partial charge on any atom is -0.292 e. The van der Waals surface area contributed by atoms with Crippen LogP contribution in [0.3, 0.4) is 0 Å². The number of fused-ring (bicyclic) bond motifs is 6. The molecule has 43 heavy (non-hydrogen) atoms. The van der Waals surface area contributed by atoms with Crippen molar-refractivity contribution in [2.75, 3.05) is 0 Å². The molecule has 5 aromatic rings. The molecule has 0 N–H and O–H groups in total. The van der Waals surface area contributed by atoms with Crippen molar-refractivity contribution in [2.45, 2.75) is 106 Å². The molecule has 0 unspecified atom stereocenters. The first-order valence-electron chi connectivity index (χ1n) is 16.6. The number of pyridine rings is 1. The summed E-state index contributed by atoms with van der Waals surface area (Å²) in [5.74, 6) is 1.05. The molecular weight excluding hydrogens is 520 g/mol. The van der Waals surface area contributed by atoms with Gasteiger partial charge >= 0.3 is 0 Å². The zero-order chi connectivity index (χ0) is 30.4. The summed E-state index contributed by atoms with van der Waals surface area (Å²) in [6, 6.07) is 25.1. The van der Waals surface area contributed by atoms with Crippen LogP contribution in [-0.2, 0) is 0 Å². The number of aromatic nitrogens is 2. The molecule has 0 radical (unpaired) electrons. The largest absolute Gasteiger partial charge is 0.292 e. The lowest BCUT2D eigenvalue weighted by Gasteiger charge is -2.47. The van der Waals surface area contributed by atoms with E-state index in [-0.39, 0.29) is 0 Å². The summed E-state index contributed by atoms with van der Waals surface area (Å²) in [5.41, 5.74) is 9.40. The maximum absolute atomic E-state index is 5.22. The van der Waals surface area contributed by atoms with Crippen LogP contribution in [0.5, 0.6) is 0 Å². The number of para-hydroxylation sites is 1. The lowest BCUT2D eigenvalue weighted by molar-refractivity contribution is 0.0955. The van der Waals surface area contributed by atoms with Gasteiger partial charge < -0.3 is 0 Å². The highest BCUT2D eigenvalue weighted by atomic mass is 15.0. The first kappa shape index (κ1) is 28.6. The fourth-order valence-corrected chi connectivity index (χ4v) is 10.5. The number of nitrogens with zero attached hydrogens (tertiary/aromatic N) is 2. The minimum absolute atomic E-state index is 0.316. The molecule has 7 rings (SSSR count). The van der Waals surface area contributed by atoms with Crippen LogP contribution in [0.2, 0.25) is 0 Å². The van der Waals surface area contributed by atoms with Gasteiger partial charge in [-0.25, -0.2) is 4.98 Å². The minimum atomic E-state index is 0.316. The van der Waals surface area contributed by atoms with Gasteiger partial charge in [0.2, 0.25) is 0 Å². The van der Waals surface area contributed by atoms with Crippen molar-refractivity contribution in [3.63, 3.8) is 0 Å². The molecule has 2 saturated carbocycles. The van der Waals surface area contributed by atoms with Gasteiger partial charge in [-0.15, -0.1) is 0 Å². The first-order chi connectivity index (χ1) is 20.2. The first-order valence-corrected chi connectivity index (χ1v) is 16.6. The van der Waals surface area contributed by atoms with Crippen molar-refractivity contribution < 1.29 is 0 Å². The molecule has 224 valence electrons. The van der Waals surface area contributed by atoms with E-state index >= 15 is 0 Å². The normalized spacial score (nSPS) is 22.0. The Hall–Kier alpha value is -3.13. The van der Waals surface area contributed by atoms with E-state index in [1.807, 2.05) is 0 Å². The van der Waals surface area contributed by atoms with Crippen LogP contribution in [0.1, 0.15) is 117 Å². The third-order valence-electron chi connectivity index (χ3n) is 10.7. The highest BCUT2D eigenvalue weighted by Gasteiger charge is 2.42. The molecule has 2 nitrogen and oxygen atoms in total. The van der Waals surface area contributed by atoms with Crippen molar-refractivity contribution in [1.82, 2.24) is 9.38 Å². The van der Waals surface area contributed by atoms with Crippen LogP contribution < -0.4 is 0 Å². The van der Waals surface area contributed by atoms with Crippen LogP contribution in [0.4, 0.5) is 0 Å². The summed E-state index contributed by atoms with van der Waals surface area (Å²) in [5, 5.41) is 3.80. The molecule has 2 aliphatic carbocycles. The maximum Gasteiger partial charge on any atom is 0.145 e. The van der Waals surface area contributed by atoms with E-state index in [0.717, 1.165) is 5.65 Å². The highest BCUT2D eigenvalue weighted by molar-refractivity contribution is 6.12. The number of imidazole rings is 1. The Morgan fingerprint density at radius 1 is 0.558 bits per heavy atom. The van der Waals surface area contributed by atoms with Crippen LogP contribution in [0, 0.1) is 21.7 Å². The van der Waals surface area contributed by atoms with Gasteiger partial charge in [-0.3, -0.25) is 4.40 Å². The van der Waals surface area contributed by atoms with Crippen LogP contribution in [0.25, 0.3) is 38.6 Å². The SMILES string of the molecule is CC1(C)CC(c2cccc(C3CC(C)(C)CC(C)(C)C3)c2-c2cnc3c4ccccc4c4ccccc4n23)CC(C)(C)C1.